The maximum absolute atomic E-state index is 13.2. The van der Waals surface area contributed by atoms with Gasteiger partial charge in [-0.25, -0.2) is 14.2 Å². The molecule has 7 nitrogen and oxygen atoms in total. The van der Waals surface area contributed by atoms with Gasteiger partial charge in [-0.2, -0.15) is 0 Å². The van der Waals surface area contributed by atoms with Crippen molar-refractivity contribution in [1.29, 1.82) is 0 Å². The van der Waals surface area contributed by atoms with Crippen molar-refractivity contribution in [1.82, 2.24) is 4.90 Å². The zero-order valence-electron chi connectivity index (χ0n) is 20.9. The standard InChI is InChI=1S/C28H24BrFN2O5S/c1-4-36-27(34)19-7-11-21(12-8-19)31-28-32(2)26(33)24(38-28)15-18-13-22(29)25(23(14-18)35-3)37-16-17-5-9-20(30)10-6-17/h5-15H,4,16H2,1-3H3/b24-15-,31-28?. The van der Waals surface area contributed by atoms with E-state index in [1.54, 1.807) is 62.5 Å². The van der Waals surface area contributed by atoms with Crippen LogP contribution in [0.25, 0.3) is 6.08 Å². The molecule has 3 aromatic carbocycles. The smallest absolute Gasteiger partial charge is 0.338 e. The van der Waals surface area contributed by atoms with Crippen molar-refractivity contribution in [3.05, 3.63) is 92.5 Å². The predicted molar refractivity (Wildman–Crippen MR) is 149 cm³/mol. The third-order valence-electron chi connectivity index (χ3n) is 5.45. The van der Waals surface area contributed by atoms with E-state index in [4.69, 9.17) is 14.2 Å². The number of halogens is 2. The molecular weight excluding hydrogens is 575 g/mol. The summed E-state index contributed by atoms with van der Waals surface area (Å²) >= 11 is 4.77. The highest BCUT2D eigenvalue weighted by atomic mass is 79.9. The van der Waals surface area contributed by atoms with Crippen molar-refractivity contribution in [2.45, 2.75) is 13.5 Å². The summed E-state index contributed by atoms with van der Waals surface area (Å²) in [4.78, 5) is 31.3. The molecule has 0 radical (unpaired) electrons. The summed E-state index contributed by atoms with van der Waals surface area (Å²) in [5.74, 6) is 0.0780. The minimum atomic E-state index is -0.395. The Labute approximate surface area is 232 Å². The number of benzene rings is 3. The van der Waals surface area contributed by atoms with Gasteiger partial charge in [-0.1, -0.05) is 12.1 Å². The predicted octanol–water partition coefficient (Wildman–Crippen LogP) is 6.59. The van der Waals surface area contributed by atoms with E-state index in [0.717, 1.165) is 11.1 Å². The van der Waals surface area contributed by atoms with Gasteiger partial charge < -0.3 is 14.2 Å². The Morgan fingerprint density at radius 3 is 2.50 bits per heavy atom. The number of likely N-dealkylation sites (N-methyl/N-ethyl adjacent to an activating group) is 1. The average Bonchev–Trinajstić information content (AvgIpc) is 3.16. The zero-order chi connectivity index (χ0) is 27.2. The molecule has 0 atom stereocenters. The zero-order valence-corrected chi connectivity index (χ0v) is 23.3. The Bertz CT molecular complexity index is 1410. The number of rotatable bonds is 8. The summed E-state index contributed by atoms with van der Waals surface area (Å²) in [5, 5.41) is 0.510. The van der Waals surface area contributed by atoms with Crippen LogP contribution in [0.15, 0.2) is 75.0 Å². The monoisotopic (exact) mass is 598 g/mol. The van der Waals surface area contributed by atoms with E-state index in [2.05, 4.69) is 20.9 Å². The second-order valence-electron chi connectivity index (χ2n) is 8.09. The molecule has 4 rings (SSSR count). The van der Waals surface area contributed by atoms with E-state index in [0.29, 0.717) is 43.9 Å². The Hall–Kier alpha value is -3.63. The Balaban J connectivity index is 1.52. The molecule has 1 heterocycles. The lowest BCUT2D eigenvalue weighted by molar-refractivity contribution is -0.121. The fourth-order valence-corrected chi connectivity index (χ4v) is 5.06. The maximum Gasteiger partial charge on any atom is 0.338 e. The van der Waals surface area contributed by atoms with E-state index in [1.807, 2.05) is 6.07 Å². The summed E-state index contributed by atoms with van der Waals surface area (Å²) in [5.41, 5.74) is 2.58. The second-order valence-corrected chi connectivity index (χ2v) is 9.95. The van der Waals surface area contributed by atoms with E-state index in [1.165, 1.54) is 35.9 Å². The topological polar surface area (TPSA) is 77.4 Å². The highest BCUT2D eigenvalue weighted by molar-refractivity contribution is 9.10. The number of nitrogens with zero attached hydrogens (tertiary/aromatic N) is 2. The lowest BCUT2D eigenvalue weighted by Gasteiger charge is -2.14. The molecule has 196 valence electrons. The van der Waals surface area contributed by atoms with Crippen molar-refractivity contribution in [2.75, 3.05) is 20.8 Å². The first-order chi connectivity index (χ1) is 18.3. The molecule has 3 aromatic rings. The number of carbonyl (C=O) groups is 2. The lowest BCUT2D eigenvalue weighted by Crippen LogP contribution is -2.23. The molecule has 1 amide bonds. The summed E-state index contributed by atoms with van der Waals surface area (Å²) in [6.07, 6.45) is 1.76. The van der Waals surface area contributed by atoms with Gasteiger partial charge in [0, 0.05) is 7.05 Å². The summed E-state index contributed by atoms with van der Waals surface area (Å²) < 4.78 is 30.3. The number of carbonyl (C=O) groups excluding carboxylic acids is 2. The van der Waals surface area contributed by atoms with Gasteiger partial charge in [0.05, 0.1) is 34.3 Å². The summed E-state index contributed by atoms with van der Waals surface area (Å²) in [6.45, 7) is 2.28. The molecular formula is C28H24BrFN2O5S. The first-order valence-electron chi connectivity index (χ1n) is 11.6. The van der Waals surface area contributed by atoms with Crippen LogP contribution in [-0.2, 0) is 16.1 Å². The first-order valence-corrected chi connectivity index (χ1v) is 13.2. The van der Waals surface area contributed by atoms with Crippen molar-refractivity contribution in [3.8, 4) is 11.5 Å². The average molecular weight is 599 g/mol. The van der Waals surface area contributed by atoms with Crippen LogP contribution in [0.3, 0.4) is 0 Å². The SMILES string of the molecule is CCOC(=O)c1ccc(N=C2S/C(=C\c3cc(Br)c(OCc4ccc(F)cc4)c(OC)c3)C(=O)N2C)cc1. The van der Waals surface area contributed by atoms with Gasteiger partial charge in [0.25, 0.3) is 5.91 Å². The molecule has 10 heteroatoms. The molecule has 0 bridgehead atoms. The number of thioether (sulfide) groups is 1. The molecule has 1 aliphatic rings. The molecule has 1 saturated heterocycles. The van der Waals surface area contributed by atoms with E-state index in [9.17, 15) is 14.0 Å². The fourth-order valence-electron chi connectivity index (χ4n) is 3.50. The van der Waals surface area contributed by atoms with Crippen LogP contribution in [-0.4, -0.2) is 42.7 Å². The van der Waals surface area contributed by atoms with Gasteiger partial charge in [0.15, 0.2) is 16.7 Å². The molecule has 38 heavy (non-hydrogen) atoms. The molecule has 0 unspecified atom stereocenters. The Morgan fingerprint density at radius 2 is 1.84 bits per heavy atom. The van der Waals surface area contributed by atoms with Crippen LogP contribution >= 0.6 is 27.7 Å². The number of esters is 1. The van der Waals surface area contributed by atoms with Crippen molar-refractivity contribution < 1.29 is 28.2 Å². The number of methoxy groups -OCH3 is 1. The molecule has 0 aromatic heterocycles. The van der Waals surface area contributed by atoms with Gasteiger partial charge >= 0.3 is 5.97 Å². The van der Waals surface area contributed by atoms with Crippen molar-refractivity contribution in [3.63, 3.8) is 0 Å². The van der Waals surface area contributed by atoms with Crippen LogP contribution in [0.1, 0.15) is 28.4 Å². The van der Waals surface area contributed by atoms with Crippen LogP contribution in [0.5, 0.6) is 11.5 Å². The quantitative estimate of drug-likeness (QED) is 0.215. The Morgan fingerprint density at radius 1 is 1.13 bits per heavy atom. The largest absolute Gasteiger partial charge is 0.493 e. The van der Waals surface area contributed by atoms with E-state index in [-0.39, 0.29) is 18.3 Å². The third kappa shape index (κ3) is 6.43. The van der Waals surface area contributed by atoms with Gasteiger partial charge in [-0.05, 0) is 100 Å². The van der Waals surface area contributed by atoms with E-state index >= 15 is 0 Å². The van der Waals surface area contributed by atoms with E-state index < -0.39 is 5.97 Å². The number of aliphatic imine (C=N–C) groups is 1. The molecule has 1 fully saturated rings. The summed E-state index contributed by atoms with van der Waals surface area (Å²) in [6, 6.07) is 16.3. The van der Waals surface area contributed by atoms with Crippen molar-refractivity contribution >= 4 is 56.5 Å². The second kappa shape index (κ2) is 12.3. The number of amidine groups is 1. The summed E-state index contributed by atoms with van der Waals surface area (Å²) in [7, 11) is 3.19. The van der Waals surface area contributed by atoms with Crippen LogP contribution < -0.4 is 9.47 Å². The highest BCUT2D eigenvalue weighted by Gasteiger charge is 2.30. The maximum atomic E-state index is 13.2. The van der Waals surface area contributed by atoms with Crippen LogP contribution in [0, 0.1) is 5.82 Å². The highest BCUT2D eigenvalue weighted by Crippen LogP contribution is 2.39. The third-order valence-corrected chi connectivity index (χ3v) is 7.10. The molecule has 1 aliphatic heterocycles. The number of hydrogen-bond donors (Lipinski definition) is 0. The van der Waals surface area contributed by atoms with Crippen LogP contribution in [0.2, 0.25) is 0 Å². The van der Waals surface area contributed by atoms with Gasteiger partial charge in [-0.15, -0.1) is 0 Å². The van der Waals surface area contributed by atoms with Gasteiger partial charge in [-0.3, -0.25) is 9.69 Å². The number of ether oxygens (including phenoxy) is 3. The molecule has 0 spiro atoms. The molecule has 0 saturated carbocycles. The normalized spacial score (nSPS) is 15.3. The lowest BCUT2D eigenvalue weighted by atomic mass is 10.1. The molecule has 0 aliphatic carbocycles. The fraction of sp³-hybridized carbons (Fsp3) is 0.179. The Kier molecular flexibility index (Phi) is 8.85. The number of amides is 1. The van der Waals surface area contributed by atoms with Gasteiger partial charge in [0.1, 0.15) is 12.4 Å². The first kappa shape index (κ1) is 27.4. The van der Waals surface area contributed by atoms with Gasteiger partial charge in [0.2, 0.25) is 0 Å². The van der Waals surface area contributed by atoms with Crippen LogP contribution in [0.4, 0.5) is 10.1 Å². The minimum absolute atomic E-state index is 0.191. The number of hydrogen-bond acceptors (Lipinski definition) is 7. The molecule has 0 N–H and O–H groups in total. The minimum Gasteiger partial charge on any atom is -0.493 e. The van der Waals surface area contributed by atoms with Crippen molar-refractivity contribution in [2.24, 2.45) is 4.99 Å².